The SMILES string of the molecule is COc1cc(C(=O)NC[C@@](O)(c2cc(C(C)(C)O)c(F)c(-c3ccc(F)cc3)n2)C(F)(F)F)cc2cc(C)nnc12. The van der Waals surface area contributed by atoms with Gasteiger partial charge >= 0.3 is 6.18 Å². The summed E-state index contributed by atoms with van der Waals surface area (Å²) in [7, 11) is 1.32. The van der Waals surface area contributed by atoms with Gasteiger partial charge in [-0.05, 0) is 69.3 Å². The van der Waals surface area contributed by atoms with Crippen molar-refractivity contribution in [1.82, 2.24) is 20.5 Å². The third-order valence-electron chi connectivity index (χ3n) is 6.39. The zero-order valence-electron chi connectivity index (χ0n) is 22.3. The minimum atomic E-state index is -5.42. The minimum absolute atomic E-state index is 0.0949. The number of hydrogen-bond acceptors (Lipinski definition) is 7. The first kappa shape index (κ1) is 29.7. The Kier molecular flexibility index (Phi) is 7.71. The van der Waals surface area contributed by atoms with Crippen molar-refractivity contribution in [2.75, 3.05) is 13.7 Å². The maximum absolute atomic E-state index is 15.4. The molecule has 2 aromatic heterocycles. The van der Waals surface area contributed by atoms with Crippen LogP contribution in [-0.2, 0) is 11.2 Å². The Bertz CT molecular complexity index is 1620. The normalized spacial score (nSPS) is 13.6. The molecule has 3 N–H and O–H groups in total. The largest absolute Gasteiger partial charge is 0.494 e. The van der Waals surface area contributed by atoms with Crippen molar-refractivity contribution in [2.45, 2.75) is 38.1 Å². The maximum Gasteiger partial charge on any atom is 0.424 e. The number of aliphatic hydroxyl groups is 2. The molecule has 13 heteroatoms. The molecule has 0 aliphatic rings. The van der Waals surface area contributed by atoms with E-state index in [1.165, 1.54) is 19.2 Å². The number of nitrogens with zero attached hydrogens (tertiary/aromatic N) is 3. The van der Waals surface area contributed by atoms with E-state index in [1.807, 2.05) is 0 Å². The number of carbonyl (C=O) groups is 1. The van der Waals surface area contributed by atoms with Crippen LogP contribution in [0.5, 0.6) is 5.75 Å². The number of methoxy groups -OCH3 is 1. The maximum atomic E-state index is 15.4. The number of fused-ring (bicyclic) bond motifs is 1. The van der Waals surface area contributed by atoms with Crippen LogP contribution in [0.3, 0.4) is 0 Å². The van der Waals surface area contributed by atoms with E-state index in [9.17, 15) is 32.6 Å². The molecule has 2 heterocycles. The molecular weight excluding hydrogens is 551 g/mol. The topological polar surface area (TPSA) is 117 Å². The summed E-state index contributed by atoms with van der Waals surface area (Å²) in [6.45, 7) is 2.51. The van der Waals surface area contributed by atoms with Crippen LogP contribution in [0, 0.1) is 18.6 Å². The van der Waals surface area contributed by atoms with Gasteiger partial charge in [-0.1, -0.05) is 0 Å². The van der Waals surface area contributed by atoms with E-state index in [4.69, 9.17) is 4.74 Å². The van der Waals surface area contributed by atoms with Crippen LogP contribution in [0.1, 0.15) is 41.2 Å². The van der Waals surface area contributed by atoms with E-state index in [0.29, 0.717) is 22.7 Å². The van der Waals surface area contributed by atoms with Crippen LogP contribution in [0.4, 0.5) is 22.0 Å². The molecule has 0 radical (unpaired) electrons. The fraction of sp³-hybridized carbons (Fsp3) is 0.286. The number of rotatable bonds is 7. The highest BCUT2D eigenvalue weighted by atomic mass is 19.4. The predicted molar refractivity (Wildman–Crippen MR) is 138 cm³/mol. The Balaban J connectivity index is 1.79. The number of aromatic nitrogens is 3. The van der Waals surface area contributed by atoms with Crippen molar-refractivity contribution < 1.29 is 41.7 Å². The van der Waals surface area contributed by atoms with Crippen molar-refractivity contribution >= 4 is 16.8 Å². The number of alkyl halides is 3. The van der Waals surface area contributed by atoms with Crippen LogP contribution in [0.15, 0.2) is 48.5 Å². The van der Waals surface area contributed by atoms with Gasteiger partial charge in [0.2, 0.25) is 5.60 Å². The molecule has 4 aromatic rings. The summed E-state index contributed by atoms with van der Waals surface area (Å²) in [6.07, 6.45) is -5.42. The van der Waals surface area contributed by atoms with E-state index in [2.05, 4.69) is 20.5 Å². The molecule has 1 amide bonds. The number of halogens is 5. The predicted octanol–water partition coefficient (Wildman–Crippen LogP) is 4.69. The molecule has 0 fully saturated rings. The van der Waals surface area contributed by atoms with Gasteiger partial charge in [0.05, 0.1) is 30.6 Å². The van der Waals surface area contributed by atoms with E-state index >= 15 is 4.39 Å². The Morgan fingerprint density at radius 3 is 2.24 bits per heavy atom. The monoisotopic (exact) mass is 576 g/mol. The van der Waals surface area contributed by atoms with Gasteiger partial charge < -0.3 is 20.3 Å². The summed E-state index contributed by atoms with van der Waals surface area (Å²) in [4.78, 5) is 16.8. The van der Waals surface area contributed by atoms with Gasteiger partial charge in [0.25, 0.3) is 5.91 Å². The summed E-state index contributed by atoms with van der Waals surface area (Å²) in [5.74, 6) is -2.70. The van der Waals surface area contributed by atoms with Gasteiger partial charge in [0.1, 0.15) is 22.8 Å². The Hall–Kier alpha value is -4.23. The lowest BCUT2D eigenvalue weighted by molar-refractivity contribution is -0.265. The highest BCUT2D eigenvalue weighted by Crippen LogP contribution is 2.41. The second-order valence-electron chi connectivity index (χ2n) is 9.93. The molecule has 41 heavy (non-hydrogen) atoms. The number of amides is 1. The lowest BCUT2D eigenvalue weighted by Crippen LogP contribution is -2.51. The average Bonchev–Trinajstić information content (AvgIpc) is 2.90. The molecule has 0 bridgehead atoms. The molecule has 216 valence electrons. The van der Waals surface area contributed by atoms with Crippen molar-refractivity contribution in [3.8, 4) is 17.0 Å². The number of aryl methyl sites for hydroxylation is 1. The minimum Gasteiger partial charge on any atom is -0.494 e. The number of benzene rings is 2. The summed E-state index contributed by atoms with van der Waals surface area (Å²) >= 11 is 0. The molecule has 2 aromatic carbocycles. The summed E-state index contributed by atoms with van der Waals surface area (Å²) in [5, 5.41) is 32.0. The highest BCUT2D eigenvalue weighted by Gasteiger charge is 2.57. The van der Waals surface area contributed by atoms with Gasteiger partial charge in [-0.15, -0.1) is 5.10 Å². The van der Waals surface area contributed by atoms with Crippen molar-refractivity contribution in [2.24, 2.45) is 0 Å². The Morgan fingerprint density at radius 1 is 1.00 bits per heavy atom. The van der Waals surface area contributed by atoms with Gasteiger partial charge in [-0.25, -0.2) is 13.8 Å². The smallest absolute Gasteiger partial charge is 0.424 e. The molecule has 1 atom stereocenters. The summed E-state index contributed by atoms with van der Waals surface area (Å²) < 4.78 is 77.5. The first-order valence-corrected chi connectivity index (χ1v) is 12.1. The van der Waals surface area contributed by atoms with E-state index in [0.717, 1.165) is 38.1 Å². The van der Waals surface area contributed by atoms with Crippen LogP contribution in [-0.4, -0.2) is 51.1 Å². The lowest BCUT2D eigenvalue weighted by Gasteiger charge is -2.32. The van der Waals surface area contributed by atoms with Crippen molar-refractivity contribution in [1.29, 1.82) is 0 Å². The number of ether oxygens (including phenoxy) is 1. The average molecular weight is 577 g/mol. The molecule has 0 aliphatic heterocycles. The van der Waals surface area contributed by atoms with Gasteiger partial charge in [-0.2, -0.15) is 18.3 Å². The molecule has 0 spiro atoms. The number of hydrogen-bond donors (Lipinski definition) is 3. The lowest BCUT2D eigenvalue weighted by atomic mass is 9.90. The van der Waals surface area contributed by atoms with Crippen LogP contribution in [0.2, 0.25) is 0 Å². The van der Waals surface area contributed by atoms with Gasteiger partial charge in [-0.3, -0.25) is 4.79 Å². The summed E-state index contributed by atoms with van der Waals surface area (Å²) in [5.41, 5.74) is -7.55. The number of carbonyl (C=O) groups excluding carboxylic acids is 1. The zero-order chi connectivity index (χ0) is 30.3. The zero-order valence-corrected chi connectivity index (χ0v) is 22.3. The van der Waals surface area contributed by atoms with Crippen LogP contribution in [0.25, 0.3) is 22.2 Å². The van der Waals surface area contributed by atoms with Crippen molar-refractivity contribution in [3.63, 3.8) is 0 Å². The Labute approximate surface area is 230 Å². The quantitative estimate of drug-likeness (QED) is 0.273. The molecule has 4 rings (SSSR count). The van der Waals surface area contributed by atoms with Crippen LogP contribution >= 0.6 is 0 Å². The molecule has 0 unspecified atom stereocenters. The van der Waals surface area contributed by atoms with E-state index in [-0.39, 0.29) is 16.9 Å². The van der Waals surface area contributed by atoms with E-state index in [1.54, 1.807) is 13.0 Å². The number of pyridine rings is 1. The van der Waals surface area contributed by atoms with Gasteiger partial charge in [0.15, 0.2) is 5.82 Å². The van der Waals surface area contributed by atoms with Crippen molar-refractivity contribution in [3.05, 3.63) is 82.7 Å². The molecule has 0 saturated carbocycles. The molecule has 0 aliphatic carbocycles. The molecule has 8 nitrogen and oxygen atoms in total. The fourth-order valence-electron chi connectivity index (χ4n) is 4.15. The standard InChI is InChI=1S/C28H25F5N4O4/c1-14-9-16-10-17(11-20(41-4)23(16)37-36-14)25(38)34-13-27(40,28(31,32)33)21-12-19(26(2,3)39)22(30)24(35-21)15-5-7-18(29)8-6-15/h5-12,39-40H,13H2,1-4H3,(H,34,38)/t27-/m1/s1. The summed E-state index contributed by atoms with van der Waals surface area (Å²) in [6, 6.07) is 8.90. The molecule has 0 saturated heterocycles. The molecular formula is C28H25F5N4O4. The highest BCUT2D eigenvalue weighted by molar-refractivity contribution is 5.99. The second-order valence-corrected chi connectivity index (χ2v) is 9.93. The third kappa shape index (κ3) is 5.81. The van der Waals surface area contributed by atoms with Gasteiger partial charge in [0, 0.05) is 22.1 Å². The first-order chi connectivity index (χ1) is 19.0. The van der Waals surface area contributed by atoms with Crippen LogP contribution < -0.4 is 10.1 Å². The fourth-order valence-corrected chi connectivity index (χ4v) is 4.15. The first-order valence-electron chi connectivity index (χ1n) is 12.1. The third-order valence-corrected chi connectivity index (χ3v) is 6.39. The number of nitrogens with one attached hydrogen (secondary N) is 1. The van der Waals surface area contributed by atoms with E-state index < -0.39 is 58.4 Å². The Morgan fingerprint density at radius 2 is 1.66 bits per heavy atom. The second kappa shape index (κ2) is 10.6.